The van der Waals surface area contributed by atoms with Crippen LogP contribution in [0.3, 0.4) is 0 Å². The van der Waals surface area contributed by atoms with Crippen LogP contribution in [-0.4, -0.2) is 46.6 Å². The molecule has 0 aliphatic rings. The monoisotopic (exact) mass is 382 g/mol. The quantitative estimate of drug-likeness (QED) is 0.707. The van der Waals surface area contributed by atoms with Gasteiger partial charge in [0.05, 0.1) is 13.2 Å². The maximum Gasteiger partial charge on any atom is 0.247 e. The van der Waals surface area contributed by atoms with Gasteiger partial charge in [-0.3, -0.25) is 0 Å². The van der Waals surface area contributed by atoms with Crippen molar-refractivity contribution in [2.24, 2.45) is 5.92 Å². The van der Waals surface area contributed by atoms with Crippen molar-refractivity contribution in [3.8, 4) is 0 Å². The normalized spacial score (nSPS) is 12.5. The molecule has 1 aromatic heterocycles. The van der Waals surface area contributed by atoms with Crippen molar-refractivity contribution in [2.45, 2.75) is 25.3 Å². The molecule has 1 aromatic rings. The highest BCUT2D eigenvalue weighted by atomic mass is 79.9. The van der Waals surface area contributed by atoms with E-state index in [9.17, 15) is 8.42 Å². The summed E-state index contributed by atoms with van der Waals surface area (Å²) in [5.74, 6) is 0.790. The van der Waals surface area contributed by atoms with Gasteiger partial charge >= 0.3 is 0 Å². The van der Waals surface area contributed by atoms with Crippen LogP contribution in [0.2, 0.25) is 0 Å². The molecule has 0 atom stereocenters. The number of ether oxygens (including phenoxy) is 1. The lowest BCUT2D eigenvalue weighted by molar-refractivity contribution is 0.175. The summed E-state index contributed by atoms with van der Waals surface area (Å²) in [6, 6.07) is 1.55. The van der Waals surface area contributed by atoms with Crippen LogP contribution >= 0.6 is 15.9 Å². The van der Waals surface area contributed by atoms with Gasteiger partial charge in [-0.2, -0.15) is 4.31 Å². The van der Waals surface area contributed by atoms with Crippen LogP contribution in [-0.2, 0) is 21.3 Å². The molecule has 1 N–H and O–H groups in total. The first-order valence-corrected chi connectivity index (χ1v) is 8.98. The molecule has 0 bridgehead atoms. The lowest BCUT2D eigenvalue weighted by Crippen LogP contribution is -2.36. The number of nitrogens with zero attached hydrogens (tertiary/aromatic N) is 1. The number of halogens is 1. The first-order chi connectivity index (χ1) is 9.82. The average molecular weight is 383 g/mol. The first kappa shape index (κ1) is 18.6. The van der Waals surface area contributed by atoms with E-state index in [1.807, 2.05) is 13.8 Å². The Morgan fingerprint density at radius 3 is 2.67 bits per heavy atom. The molecule has 0 radical (unpaired) electrons. The van der Waals surface area contributed by atoms with Gasteiger partial charge in [0.1, 0.15) is 10.7 Å². The highest BCUT2D eigenvalue weighted by molar-refractivity contribution is 9.10. The number of methoxy groups -OCH3 is 1. The van der Waals surface area contributed by atoms with Crippen molar-refractivity contribution in [3.05, 3.63) is 16.5 Å². The molecule has 1 heterocycles. The highest BCUT2D eigenvalue weighted by Crippen LogP contribution is 2.29. The minimum atomic E-state index is -3.61. The molecule has 0 aromatic carbocycles. The van der Waals surface area contributed by atoms with Crippen molar-refractivity contribution in [3.63, 3.8) is 0 Å². The topological polar surface area (TPSA) is 71.8 Å². The molecule has 0 aliphatic heterocycles. The molecule has 21 heavy (non-hydrogen) atoms. The Hall–Kier alpha value is -0.410. The first-order valence-electron chi connectivity index (χ1n) is 6.74. The van der Waals surface area contributed by atoms with Crippen LogP contribution in [0.5, 0.6) is 0 Å². The zero-order valence-electron chi connectivity index (χ0n) is 12.8. The summed E-state index contributed by atoms with van der Waals surface area (Å²) in [7, 11) is -0.285. The van der Waals surface area contributed by atoms with Crippen molar-refractivity contribution in [1.29, 1.82) is 0 Å². The number of hydrogen-bond donors (Lipinski definition) is 1. The zero-order chi connectivity index (χ0) is 16.0. The van der Waals surface area contributed by atoms with E-state index in [2.05, 4.69) is 21.2 Å². The van der Waals surface area contributed by atoms with Crippen LogP contribution in [0.25, 0.3) is 0 Å². The Kier molecular flexibility index (Phi) is 7.35. The fourth-order valence-corrected chi connectivity index (χ4v) is 4.43. The summed E-state index contributed by atoms with van der Waals surface area (Å²) < 4.78 is 37.6. The van der Waals surface area contributed by atoms with Crippen LogP contribution < -0.4 is 5.32 Å². The third-order valence-corrected chi connectivity index (χ3v) is 5.51. The summed E-state index contributed by atoms with van der Waals surface area (Å²) in [6.45, 7) is 5.53. The molecule has 0 unspecified atom stereocenters. The smallest absolute Gasteiger partial charge is 0.247 e. The van der Waals surface area contributed by atoms with E-state index in [-0.39, 0.29) is 15.5 Å². The number of nitrogens with one attached hydrogen (secondary N) is 1. The summed E-state index contributed by atoms with van der Waals surface area (Å²) in [4.78, 5) is 0.157. The lowest BCUT2D eigenvalue weighted by atomic mass is 10.2. The van der Waals surface area contributed by atoms with Crippen molar-refractivity contribution >= 4 is 26.0 Å². The fourth-order valence-electron chi connectivity index (χ4n) is 1.88. The molecular formula is C13H23BrN2O4S. The average Bonchev–Trinajstić information content (AvgIpc) is 2.76. The summed E-state index contributed by atoms with van der Waals surface area (Å²) in [5.41, 5.74) is 0. The van der Waals surface area contributed by atoms with Gasteiger partial charge in [-0.15, -0.1) is 0 Å². The Morgan fingerprint density at radius 2 is 2.14 bits per heavy atom. The van der Waals surface area contributed by atoms with Crippen molar-refractivity contribution < 1.29 is 17.6 Å². The molecular weight excluding hydrogens is 360 g/mol. The Morgan fingerprint density at radius 1 is 1.48 bits per heavy atom. The Balaban J connectivity index is 3.09. The second-order valence-corrected chi connectivity index (χ2v) is 7.76. The lowest BCUT2D eigenvalue weighted by Gasteiger charge is -2.23. The van der Waals surface area contributed by atoms with Crippen molar-refractivity contribution in [2.75, 3.05) is 33.9 Å². The van der Waals surface area contributed by atoms with Gasteiger partial charge in [-0.25, -0.2) is 8.42 Å². The van der Waals surface area contributed by atoms with Crippen LogP contribution in [0.4, 0.5) is 0 Å². The Bertz CT molecular complexity index is 542. The zero-order valence-corrected chi connectivity index (χ0v) is 15.3. The molecule has 6 nitrogen and oxygen atoms in total. The van der Waals surface area contributed by atoms with E-state index in [0.717, 1.165) is 0 Å². The summed E-state index contributed by atoms with van der Waals surface area (Å²) in [6.07, 6.45) is 0. The van der Waals surface area contributed by atoms with Crippen LogP contribution in [0.15, 0.2) is 20.0 Å². The van der Waals surface area contributed by atoms with Gasteiger partial charge in [0.15, 0.2) is 4.67 Å². The maximum atomic E-state index is 12.8. The molecule has 0 saturated heterocycles. The third-order valence-electron chi connectivity index (χ3n) is 2.79. The predicted octanol–water partition coefficient (Wildman–Crippen LogP) is 2.05. The molecule has 0 saturated carbocycles. The fraction of sp³-hybridized carbons (Fsp3) is 0.692. The summed E-state index contributed by atoms with van der Waals surface area (Å²) >= 11 is 3.19. The predicted molar refractivity (Wildman–Crippen MR) is 84.6 cm³/mol. The number of furan rings is 1. The van der Waals surface area contributed by atoms with Gasteiger partial charge in [-0.1, -0.05) is 13.8 Å². The maximum absolute atomic E-state index is 12.8. The molecule has 0 fully saturated rings. The summed E-state index contributed by atoms with van der Waals surface area (Å²) in [5, 5.41) is 2.93. The number of sulfonamides is 1. The number of hydrogen-bond acceptors (Lipinski definition) is 5. The second-order valence-electron chi connectivity index (χ2n) is 5.13. The molecule has 0 spiro atoms. The highest BCUT2D eigenvalue weighted by Gasteiger charge is 2.29. The minimum Gasteiger partial charge on any atom is -0.452 e. The van der Waals surface area contributed by atoms with E-state index >= 15 is 0 Å². The standard InChI is InChI=1S/C13H23BrN2O4S/c1-10(2)9-16(5-6-19-4)21(17,18)12-7-11(8-15-3)20-13(12)14/h7,10,15H,5-6,8-9H2,1-4H3. The van der Waals surface area contributed by atoms with Crippen LogP contribution in [0.1, 0.15) is 19.6 Å². The van der Waals surface area contributed by atoms with E-state index in [1.54, 1.807) is 20.2 Å². The SMILES string of the molecule is CNCc1cc(S(=O)(=O)N(CCOC)CC(C)C)c(Br)o1. The molecule has 0 aliphatic carbocycles. The molecule has 8 heteroatoms. The van der Waals surface area contributed by atoms with E-state index < -0.39 is 10.0 Å². The van der Waals surface area contributed by atoms with E-state index in [4.69, 9.17) is 9.15 Å². The Labute approximate surface area is 135 Å². The molecule has 0 amide bonds. The third kappa shape index (κ3) is 5.07. The van der Waals surface area contributed by atoms with Crippen LogP contribution in [0, 0.1) is 5.92 Å². The van der Waals surface area contributed by atoms with Gasteiger partial charge in [-0.05, 0) is 28.9 Å². The van der Waals surface area contributed by atoms with Gasteiger partial charge in [0.2, 0.25) is 10.0 Å². The number of rotatable bonds is 9. The van der Waals surface area contributed by atoms with E-state index in [1.165, 1.54) is 4.31 Å². The molecule has 1 rings (SSSR count). The second kappa shape index (κ2) is 8.28. The van der Waals surface area contributed by atoms with Gasteiger partial charge < -0.3 is 14.5 Å². The van der Waals surface area contributed by atoms with Gasteiger partial charge in [0.25, 0.3) is 0 Å². The van der Waals surface area contributed by atoms with Gasteiger partial charge in [0, 0.05) is 26.3 Å². The van der Waals surface area contributed by atoms with E-state index in [0.29, 0.717) is 32.0 Å². The minimum absolute atomic E-state index is 0.157. The molecule has 122 valence electrons. The van der Waals surface area contributed by atoms with Crippen molar-refractivity contribution in [1.82, 2.24) is 9.62 Å². The largest absolute Gasteiger partial charge is 0.452 e.